The van der Waals surface area contributed by atoms with Gasteiger partial charge >= 0.3 is 12.1 Å². The van der Waals surface area contributed by atoms with E-state index >= 15 is 0 Å². The highest BCUT2D eigenvalue weighted by Crippen LogP contribution is 2.20. The molecular formula is C5H5F3O3. The van der Waals surface area contributed by atoms with Crippen LogP contribution in [0.1, 0.15) is 6.92 Å². The maximum Gasteiger partial charge on any atom is 0.450 e. The minimum atomic E-state index is -5.06. The number of alkyl halides is 3. The fraction of sp³-hybridized carbons (Fsp3) is 0.600. The zero-order valence-corrected chi connectivity index (χ0v) is 5.47. The van der Waals surface area contributed by atoms with Crippen LogP contribution in [-0.2, 0) is 9.59 Å². The molecule has 0 aliphatic carbocycles. The highest BCUT2D eigenvalue weighted by Gasteiger charge is 2.44. The van der Waals surface area contributed by atoms with Crippen molar-refractivity contribution in [2.24, 2.45) is 5.92 Å². The quantitative estimate of drug-likeness (QED) is 0.624. The van der Waals surface area contributed by atoms with E-state index < -0.39 is 23.8 Å². The second-order valence-corrected chi connectivity index (χ2v) is 1.92. The third-order valence-electron chi connectivity index (χ3n) is 1.04. The van der Waals surface area contributed by atoms with E-state index in [-0.39, 0.29) is 0 Å². The molecule has 3 nitrogen and oxygen atoms in total. The summed E-state index contributed by atoms with van der Waals surface area (Å²) in [4.78, 5) is 20.0. The van der Waals surface area contributed by atoms with E-state index in [0.29, 0.717) is 6.92 Å². The van der Waals surface area contributed by atoms with Gasteiger partial charge in [-0.15, -0.1) is 0 Å². The minimum absolute atomic E-state index is 0.693. The zero-order chi connectivity index (χ0) is 9.23. The second-order valence-electron chi connectivity index (χ2n) is 1.92. The van der Waals surface area contributed by atoms with Crippen molar-refractivity contribution in [2.45, 2.75) is 13.1 Å². The second kappa shape index (κ2) is 2.89. The Hall–Kier alpha value is -1.07. The molecule has 0 aromatic heterocycles. The molecule has 0 aliphatic heterocycles. The van der Waals surface area contributed by atoms with Gasteiger partial charge in [0, 0.05) is 0 Å². The standard InChI is InChI=1S/C5H5F3O3/c1-2(4(10)11)3(9)5(6,7)8/h2H,1H3,(H,10,11). The first-order chi connectivity index (χ1) is 4.76. The topological polar surface area (TPSA) is 54.4 Å². The molecule has 0 radical (unpaired) electrons. The lowest BCUT2D eigenvalue weighted by Crippen LogP contribution is -2.33. The molecule has 0 saturated heterocycles. The monoisotopic (exact) mass is 170 g/mol. The van der Waals surface area contributed by atoms with Crippen LogP contribution in [0, 0.1) is 5.92 Å². The van der Waals surface area contributed by atoms with Gasteiger partial charge < -0.3 is 5.11 Å². The van der Waals surface area contributed by atoms with Crippen molar-refractivity contribution in [3.63, 3.8) is 0 Å². The van der Waals surface area contributed by atoms with Gasteiger partial charge in [0.15, 0.2) is 0 Å². The number of hydrogen-bond donors (Lipinski definition) is 1. The minimum Gasteiger partial charge on any atom is -0.481 e. The molecule has 0 heterocycles. The molecule has 0 bridgehead atoms. The first-order valence-electron chi connectivity index (χ1n) is 2.60. The van der Waals surface area contributed by atoms with Crippen LogP contribution in [0.5, 0.6) is 0 Å². The molecule has 1 atom stereocenters. The Morgan fingerprint density at radius 2 is 1.73 bits per heavy atom. The Kier molecular flexibility index (Phi) is 2.61. The summed E-state index contributed by atoms with van der Waals surface area (Å²) in [6, 6.07) is 0. The van der Waals surface area contributed by atoms with Crippen LogP contribution in [0.4, 0.5) is 13.2 Å². The maximum atomic E-state index is 11.4. The molecule has 1 unspecified atom stereocenters. The van der Waals surface area contributed by atoms with Gasteiger partial charge in [-0.2, -0.15) is 13.2 Å². The highest BCUT2D eigenvalue weighted by molar-refractivity contribution is 6.00. The summed E-state index contributed by atoms with van der Waals surface area (Å²) in [5.74, 6) is -6.02. The molecule has 0 aromatic carbocycles. The molecular weight excluding hydrogens is 165 g/mol. The van der Waals surface area contributed by atoms with Crippen molar-refractivity contribution in [1.82, 2.24) is 0 Å². The number of rotatable bonds is 2. The predicted molar refractivity (Wildman–Crippen MR) is 27.9 cm³/mol. The average molecular weight is 170 g/mol. The number of carbonyl (C=O) groups excluding carboxylic acids is 1. The van der Waals surface area contributed by atoms with Crippen LogP contribution < -0.4 is 0 Å². The third-order valence-corrected chi connectivity index (χ3v) is 1.04. The molecule has 0 aromatic rings. The molecule has 64 valence electrons. The summed E-state index contributed by atoms with van der Waals surface area (Å²) in [6.45, 7) is 0.693. The van der Waals surface area contributed by atoms with Crippen LogP contribution in [0.2, 0.25) is 0 Å². The van der Waals surface area contributed by atoms with E-state index in [1.54, 1.807) is 0 Å². The molecule has 6 heteroatoms. The normalized spacial score (nSPS) is 14.2. The molecule has 0 amide bonds. The van der Waals surface area contributed by atoms with E-state index in [1.807, 2.05) is 0 Å². The Morgan fingerprint density at radius 1 is 1.36 bits per heavy atom. The maximum absolute atomic E-state index is 11.4. The van der Waals surface area contributed by atoms with Gasteiger partial charge in [0.2, 0.25) is 5.78 Å². The Labute approximate surface area is 59.8 Å². The van der Waals surface area contributed by atoms with Crippen molar-refractivity contribution in [2.75, 3.05) is 0 Å². The number of hydrogen-bond acceptors (Lipinski definition) is 2. The van der Waals surface area contributed by atoms with Crippen molar-refractivity contribution in [1.29, 1.82) is 0 Å². The van der Waals surface area contributed by atoms with Crippen molar-refractivity contribution < 1.29 is 27.9 Å². The third kappa shape index (κ3) is 2.57. The van der Waals surface area contributed by atoms with Crippen molar-refractivity contribution >= 4 is 11.8 Å². The lowest BCUT2D eigenvalue weighted by atomic mass is 10.1. The summed E-state index contributed by atoms with van der Waals surface area (Å²) < 4.78 is 34.3. The number of halogens is 3. The molecule has 0 spiro atoms. The number of carbonyl (C=O) groups is 2. The lowest BCUT2D eigenvalue weighted by Gasteiger charge is -2.07. The van der Waals surface area contributed by atoms with E-state index in [1.165, 1.54) is 0 Å². The van der Waals surface area contributed by atoms with Crippen LogP contribution in [0.15, 0.2) is 0 Å². The molecule has 1 N–H and O–H groups in total. The summed E-state index contributed by atoms with van der Waals surface area (Å²) in [5.41, 5.74) is 0. The largest absolute Gasteiger partial charge is 0.481 e. The summed E-state index contributed by atoms with van der Waals surface area (Å²) >= 11 is 0. The van der Waals surface area contributed by atoms with Crippen molar-refractivity contribution in [3.8, 4) is 0 Å². The predicted octanol–water partition coefficient (Wildman–Crippen LogP) is 0.838. The van der Waals surface area contributed by atoms with Crippen LogP contribution in [0.3, 0.4) is 0 Å². The number of ketones is 1. The number of carboxylic acid groups (broad SMARTS) is 1. The fourth-order valence-electron chi connectivity index (χ4n) is 0.358. The zero-order valence-electron chi connectivity index (χ0n) is 5.47. The highest BCUT2D eigenvalue weighted by atomic mass is 19.4. The van der Waals surface area contributed by atoms with Gasteiger partial charge in [0.1, 0.15) is 5.92 Å². The smallest absolute Gasteiger partial charge is 0.450 e. The van der Waals surface area contributed by atoms with Gasteiger partial charge in [-0.1, -0.05) is 0 Å². The Bertz CT molecular complexity index is 184. The van der Waals surface area contributed by atoms with E-state index in [9.17, 15) is 22.8 Å². The molecule has 0 fully saturated rings. The number of aliphatic carboxylic acids is 1. The van der Waals surface area contributed by atoms with Gasteiger partial charge in [-0.05, 0) is 6.92 Å². The number of Topliss-reactive ketones (excluding diaryl/α,β-unsaturated/α-hetero) is 1. The molecule has 11 heavy (non-hydrogen) atoms. The van der Waals surface area contributed by atoms with Gasteiger partial charge in [0.05, 0.1) is 0 Å². The first-order valence-corrected chi connectivity index (χ1v) is 2.60. The SMILES string of the molecule is CC(C(=O)O)C(=O)C(F)(F)F. The lowest BCUT2D eigenvalue weighted by molar-refractivity contribution is -0.178. The van der Waals surface area contributed by atoms with Crippen LogP contribution >= 0.6 is 0 Å². The van der Waals surface area contributed by atoms with Crippen LogP contribution in [-0.4, -0.2) is 23.0 Å². The van der Waals surface area contributed by atoms with Gasteiger partial charge in [-0.25, -0.2) is 0 Å². The number of carboxylic acids is 1. The average Bonchev–Trinajstić information content (AvgIpc) is 1.82. The summed E-state index contributed by atoms with van der Waals surface area (Å²) in [7, 11) is 0. The van der Waals surface area contributed by atoms with E-state index in [0.717, 1.165) is 0 Å². The summed E-state index contributed by atoms with van der Waals surface area (Å²) in [5, 5.41) is 7.99. The van der Waals surface area contributed by atoms with Gasteiger partial charge in [-0.3, -0.25) is 9.59 Å². The molecule has 0 saturated carbocycles. The van der Waals surface area contributed by atoms with E-state index in [2.05, 4.69) is 0 Å². The van der Waals surface area contributed by atoms with E-state index in [4.69, 9.17) is 5.11 Å². The Balaban J connectivity index is 4.39. The summed E-state index contributed by atoms with van der Waals surface area (Å²) in [6.07, 6.45) is -5.06. The van der Waals surface area contributed by atoms with Crippen LogP contribution in [0.25, 0.3) is 0 Å². The van der Waals surface area contributed by atoms with Gasteiger partial charge in [0.25, 0.3) is 0 Å². The fourth-order valence-corrected chi connectivity index (χ4v) is 0.358. The first kappa shape index (κ1) is 9.93. The molecule has 0 rings (SSSR count). The van der Waals surface area contributed by atoms with Crippen molar-refractivity contribution in [3.05, 3.63) is 0 Å². The Morgan fingerprint density at radius 3 is 1.82 bits per heavy atom. The molecule has 0 aliphatic rings.